The maximum Gasteiger partial charge on any atom is 0.118 e. The first-order valence-corrected chi connectivity index (χ1v) is 6.79. The van der Waals surface area contributed by atoms with Gasteiger partial charge in [-0.15, -0.1) is 0 Å². The molecule has 0 bridgehead atoms. The summed E-state index contributed by atoms with van der Waals surface area (Å²) in [6.07, 6.45) is 1.74. The second-order valence-electron chi connectivity index (χ2n) is 4.80. The Hall–Kier alpha value is -1.85. The summed E-state index contributed by atoms with van der Waals surface area (Å²) in [4.78, 5) is 0. The Labute approximate surface area is 119 Å². The Morgan fingerprint density at radius 3 is 2.55 bits per heavy atom. The Morgan fingerprint density at radius 2 is 2.05 bits per heavy atom. The number of nitrogens with two attached hydrogens (primary N) is 1. The number of nitrogens with zero attached hydrogens (tertiary/aromatic N) is 2. The van der Waals surface area contributed by atoms with Crippen LogP contribution in [0.25, 0.3) is 0 Å². The number of methoxy groups -OCH3 is 1. The first-order chi connectivity index (χ1) is 9.67. The predicted molar refractivity (Wildman–Crippen MR) is 79.3 cm³/mol. The van der Waals surface area contributed by atoms with E-state index >= 15 is 0 Å². The van der Waals surface area contributed by atoms with Gasteiger partial charge in [-0.25, -0.2) is 0 Å². The van der Waals surface area contributed by atoms with Gasteiger partial charge in [0.2, 0.25) is 0 Å². The number of ether oxygens (including phenoxy) is 1. The third kappa shape index (κ3) is 3.18. The van der Waals surface area contributed by atoms with E-state index in [0.29, 0.717) is 0 Å². The molecule has 0 radical (unpaired) electrons. The Bertz CT molecular complexity index is 548. The molecule has 0 saturated heterocycles. The Balaban J connectivity index is 2.16. The Morgan fingerprint density at radius 1 is 1.35 bits per heavy atom. The zero-order valence-electron chi connectivity index (χ0n) is 12.3. The zero-order valence-corrected chi connectivity index (χ0v) is 12.3. The zero-order chi connectivity index (χ0) is 14.5. The van der Waals surface area contributed by atoms with Gasteiger partial charge >= 0.3 is 0 Å². The van der Waals surface area contributed by atoms with Crippen molar-refractivity contribution in [1.29, 1.82) is 0 Å². The van der Waals surface area contributed by atoms with Crippen molar-refractivity contribution in [3.63, 3.8) is 0 Å². The lowest BCUT2D eigenvalue weighted by Crippen LogP contribution is -2.30. The first-order valence-electron chi connectivity index (χ1n) is 6.79. The van der Waals surface area contributed by atoms with E-state index in [4.69, 9.17) is 10.6 Å². The molecule has 20 heavy (non-hydrogen) atoms. The minimum atomic E-state index is 0.0565. The minimum absolute atomic E-state index is 0.0565. The van der Waals surface area contributed by atoms with Gasteiger partial charge in [0.25, 0.3) is 0 Å². The summed E-state index contributed by atoms with van der Waals surface area (Å²) in [7, 11) is 3.63. The van der Waals surface area contributed by atoms with Crippen LogP contribution >= 0.6 is 0 Å². The summed E-state index contributed by atoms with van der Waals surface area (Å²) in [6.45, 7) is 2.11. The minimum Gasteiger partial charge on any atom is -0.497 e. The van der Waals surface area contributed by atoms with E-state index in [1.165, 1.54) is 5.69 Å². The van der Waals surface area contributed by atoms with Gasteiger partial charge in [0.15, 0.2) is 0 Å². The molecule has 0 aliphatic heterocycles. The summed E-state index contributed by atoms with van der Waals surface area (Å²) in [5.41, 5.74) is 6.28. The highest BCUT2D eigenvalue weighted by atomic mass is 16.5. The van der Waals surface area contributed by atoms with E-state index in [1.54, 1.807) is 7.11 Å². The van der Waals surface area contributed by atoms with E-state index in [2.05, 4.69) is 23.5 Å². The average molecular weight is 274 g/mol. The number of aryl methyl sites for hydroxylation is 2. The SMILES string of the molecule is CCc1cc(CC(NN)c2ccc(OC)cc2)n(C)n1. The van der Waals surface area contributed by atoms with E-state index in [0.717, 1.165) is 29.8 Å². The van der Waals surface area contributed by atoms with Crippen LogP contribution in [0.2, 0.25) is 0 Å². The van der Waals surface area contributed by atoms with Crippen LogP contribution in [0.5, 0.6) is 5.75 Å². The topological polar surface area (TPSA) is 65.1 Å². The normalized spacial score (nSPS) is 12.4. The molecule has 1 aromatic carbocycles. The van der Waals surface area contributed by atoms with Crippen molar-refractivity contribution in [3.05, 3.63) is 47.3 Å². The monoisotopic (exact) mass is 274 g/mol. The summed E-state index contributed by atoms with van der Waals surface area (Å²) in [5.74, 6) is 6.55. The van der Waals surface area contributed by atoms with Crippen molar-refractivity contribution in [3.8, 4) is 5.75 Å². The van der Waals surface area contributed by atoms with Gasteiger partial charge in [-0.1, -0.05) is 19.1 Å². The molecule has 5 nitrogen and oxygen atoms in total. The lowest BCUT2D eigenvalue weighted by molar-refractivity contribution is 0.414. The van der Waals surface area contributed by atoms with E-state index < -0.39 is 0 Å². The van der Waals surface area contributed by atoms with Crippen LogP contribution in [0, 0.1) is 0 Å². The molecule has 0 amide bonds. The molecule has 0 spiro atoms. The molecule has 3 N–H and O–H groups in total. The molecular weight excluding hydrogens is 252 g/mol. The fourth-order valence-electron chi connectivity index (χ4n) is 2.25. The molecule has 1 aromatic heterocycles. The predicted octanol–water partition coefficient (Wildman–Crippen LogP) is 1.74. The number of hydrogen-bond acceptors (Lipinski definition) is 4. The molecule has 2 aromatic rings. The van der Waals surface area contributed by atoms with Crippen LogP contribution in [0.3, 0.4) is 0 Å². The highest BCUT2D eigenvalue weighted by Gasteiger charge is 2.14. The molecule has 0 fully saturated rings. The second kappa shape index (κ2) is 6.54. The largest absolute Gasteiger partial charge is 0.497 e. The maximum atomic E-state index is 5.70. The number of rotatable bonds is 6. The molecule has 1 atom stereocenters. The van der Waals surface area contributed by atoms with Crippen LogP contribution < -0.4 is 16.0 Å². The standard InChI is InChI=1S/C15H22N4O/c1-4-12-9-13(19(2)18-12)10-15(17-16)11-5-7-14(20-3)8-6-11/h5-9,15,17H,4,10,16H2,1-3H3. The van der Waals surface area contributed by atoms with Crippen molar-refractivity contribution in [2.45, 2.75) is 25.8 Å². The molecule has 0 aliphatic rings. The van der Waals surface area contributed by atoms with Crippen molar-refractivity contribution >= 4 is 0 Å². The van der Waals surface area contributed by atoms with Crippen molar-refractivity contribution in [2.24, 2.45) is 12.9 Å². The third-order valence-electron chi connectivity index (χ3n) is 3.52. The summed E-state index contributed by atoms with van der Waals surface area (Å²) in [5, 5.41) is 4.47. The molecular formula is C15H22N4O. The van der Waals surface area contributed by atoms with Crippen LogP contribution in [0.4, 0.5) is 0 Å². The van der Waals surface area contributed by atoms with Gasteiger partial charge in [0, 0.05) is 19.2 Å². The summed E-state index contributed by atoms with van der Waals surface area (Å²) < 4.78 is 7.10. The van der Waals surface area contributed by atoms with Crippen LogP contribution in [0.15, 0.2) is 30.3 Å². The number of benzene rings is 1. The lowest BCUT2D eigenvalue weighted by atomic mass is 10.0. The molecule has 0 saturated carbocycles. The average Bonchev–Trinajstić information content (AvgIpc) is 2.85. The van der Waals surface area contributed by atoms with Crippen LogP contribution in [-0.4, -0.2) is 16.9 Å². The van der Waals surface area contributed by atoms with E-state index in [1.807, 2.05) is 36.0 Å². The first kappa shape index (κ1) is 14.6. The third-order valence-corrected chi connectivity index (χ3v) is 3.52. The van der Waals surface area contributed by atoms with E-state index in [9.17, 15) is 0 Å². The second-order valence-corrected chi connectivity index (χ2v) is 4.80. The van der Waals surface area contributed by atoms with Gasteiger partial charge in [0.05, 0.1) is 18.8 Å². The van der Waals surface area contributed by atoms with E-state index in [-0.39, 0.29) is 6.04 Å². The van der Waals surface area contributed by atoms with Gasteiger partial charge in [-0.3, -0.25) is 16.0 Å². The summed E-state index contributed by atoms with van der Waals surface area (Å²) >= 11 is 0. The van der Waals surface area contributed by atoms with Crippen LogP contribution in [-0.2, 0) is 19.9 Å². The quantitative estimate of drug-likeness (QED) is 0.622. The molecule has 1 heterocycles. The molecule has 0 aliphatic carbocycles. The summed E-state index contributed by atoms with van der Waals surface area (Å²) in [6, 6.07) is 10.1. The number of hydrogen-bond donors (Lipinski definition) is 2. The molecule has 2 rings (SSSR count). The number of nitrogens with one attached hydrogen (secondary N) is 1. The van der Waals surface area contributed by atoms with Crippen LogP contribution in [0.1, 0.15) is 29.9 Å². The van der Waals surface area contributed by atoms with Crippen molar-refractivity contribution in [1.82, 2.24) is 15.2 Å². The number of aromatic nitrogens is 2. The smallest absolute Gasteiger partial charge is 0.118 e. The van der Waals surface area contributed by atoms with Gasteiger partial charge in [0.1, 0.15) is 5.75 Å². The molecule has 1 unspecified atom stereocenters. The highest BCUT2D eigenvalue weighted by molar-refractivity contribution is 5.30. The van der Waals surface area contributed by atoms with Gasteiger partial charge in [-0.05, 0) is 30.2 Å². The lowest BCUT2D eigenvalue weighted by Gasteiger charge is -2.16. The highest BCUT2D eigenvalue weighted by Crippen LogP contribution is 2.21. The molecule has 108 valence electrons. The number of hydrazine groups is 1. The van der Waals surface area contributed by atoms with Gasteiger partial charge in [-0.2, -0.15) is 5.10 Å². The maximum absolute atomic E-state index is 5.70. The van der Waals surface area contributed by atoms with Crippen molar-refractivity contribution in [2.75, 3.05) is 7.11 Å². The fraction of sp³-hybridized carbons (Fsp3) is 0.400. The molecule has 5 heteroatoms. The van der Waals surface area contributed by atoms with Gasteiger partial charge < -0.3 is 4.74 Å². The van der Waals surface area contributed by atoms with Crippen molar-refractivity contribution < 1.29 is 4.74 Å². The Kier molecular flexibility index (Phi) is 4.76. The fourth-order valence-corrected chi connectivity index (χ4v) is 2.25.